The Kier molecular flexibility index (Phi) is 3.53. The van der Waals surface area contributed by atoms with Crippen LogP contribution in [0.2, 0.25) is 0 Å². The van der Waals surface area contributed by atoms with Crippen molar-refractivity contribution in [2.45, 2.75) is 32.0 Å². The highest BCUT2D eigenvalue weighted by Gasteiger charge is 2.30. The first-order chi connectivity index (χ1) is 10.0. The largest absolute Gasteiger partial charge is 0.416 e. The minimum absolute atomic E-state index is 0.313. The van der Waals surface area contributed by atoms with Crippen molar-refractivity contribution in [1.82, 2.24) is 9.97 Å². The van der Waals surface area contributed by atoms with Gasteiger partial charge in [-0.1, -0.05) is 12.1 Å². The van der Waals surface area contributed by atoms with Gasteiger partial charge in [0.2, 0.25) is 0 Å². The van der Waals surface area contributed by atoms with Gasteiger partial charge in [-0.25, -0.2) is 9.97 Å². The normalized spacial score (nSPS) is 14.0. The number of hydrogen-bond acceptors (Lipinski definition) is 3. The fourth-order valence-corrected chi connectivity index (χ4v) is 2.56. The molecule has 2 aromatic rings. The quantitative estimate of drug-likeness (QED) is 0.939. The minimum Gasteiger partial charge on any atom is -0.366 e. The van der Waals surface area contributed by atoms with Crippen LogP contribution in [-0.2, 0) is 25.6 Å². The summed E-state index contributed by atoms with van der Waals surface area (Å²) in [4.78, 5) is 8.41. The number of aryl methyl sites for hydroxylation is 1. The molecule has 1 aliphatic rings. The molecule has 0 radical (unpaired) electrons. The summed E-state index contributed by atoms with van der Waals surface area (Å²) in [6.45, 7) is 0.313. The van der Waals surface area contributed by atoms with Crippen LogP contribution in [0.1, 0.15) is 28.8 Å². The van der Waals surface area contributed by atoms with Gasteiger partial charge in [0.25, 0.3) is 0 Å². The molecular formula is C15H14F3N3. The Morgan fingerprint density at radius 2 is 2.00 bits per heavy atom. The highest BCUT2D eigenvalue weighted by molar-refractivity contribution is 5.48. The zero-order chi connectivity index (χ0) is 14.9. The predicted octanol–water partition coefficient (Wildman–Crippen LogP) is 3.60. The van der Waals surface area contributed by atoms with E-state index >= 15 is 0 Å². The van der Waals surface area contributed by atoms with Crippen molar-refractivity contribution in [3.05, 3.63) is 53.0 Å². The summed E-state index contributed by atoms with van der Waals surface area (Å²) in [6, 6.07) is 5.33. The van der Waals surface area contributed by atoms with Gasteiger partial charge in [-0.15, -0.1) is 0 Å². The summed E-state index contributed by atoms with van der Waals surface area (Å²) in [5, 5.41) is 3.12. The van der Waals surface area contributed by atoms with Crippen LogP contribution in [-0.4, -0.2) is 9.97 Å². The number of anilines is 1. The van der Waals surface area contributed by atoms with Crippen molar-refractivity contribution in [2.24, 2.45) is 0 Å². The summed E-state index contributed by atoms with van der Waals surface area (Å²) in [7, 11) is 0. The monoisotopic (exact) mass is 293 g/mol. The van der Waals surface area contributed by atoms with E-state index in [4.69, 9.17) is 0 Å². The molecule has 1 aromatic heterocycles. The molecule has 6 heteroatoms. The van der Waals surface area contributed by atoms with Gasteiger partial charge < -0.3 is 5.32 Å². The third kappa shape index (κ3) is 2.99. The highest BCUT2D eigenvalue weighted by Crippen LogP contribution is 2.30. The van der Waals surface area contributed by atoms with Crippen molar-refractivity contribution in [3.8, 4) is 0 Å². The number of halogens is 3. The lowest BCUT2D eigenvalue weighted by Gasteiger charge is -2.11. The van der Waals surface area contributed by atoms with E-state index in [-0.39, 0.29) is 0 Å². The van der Waals surface area contributed by atoms with E-state index in [1.807, 2.05) is 0 Å². The number of benzene rings is 1. The lowest BCUT2D eigenvalue weighted by atomic mass is 10.1. The standard InChI is InChI=1S/C15H14F3N3/c16-15(17,18)11-4-1-3-10(7-11)8-19-14-12-5-2-6-13(12)20-9-21-14/h1,3-4,7,9H,2,5-6,8H2,(H,19,20,21). The van der Waals surface area contributed by atoms with Crippen LogP contribution in [0.25, 0.3) is 0 Å². The maximum Gasteiger partial charge on any atom is 0.416 e. The molecule has 0 saturated carbocycles. The lowest BCUT2D eigenvalue weighted by Crippen LogP contribution is -2.08. The van der Waals surface area contributed by atoms with Crippen LogP contribution < -0.4 is 5.32 Å². The first kappa shape index (κ1) is 13.9. The van der Waals surface area contributed by atoms with E-state index in [0.29, 0.717) is 12.1 Å². The smallest absolute Gasteiger partial charge is 0.366 e. The van der Waals surface area contributed by atoms with Gasteiger partial charge in [0, 0.05) is 17.8 Å². The Hall–Kier alpha value is -2.11. The number of nitrogens with zero attached hydrogens (tertiary/aromatic N) is 2. The maximum absolute atomic E-state index is 12.7. The van der Waals surface area contributed by atoms with Crippen LogP contribution >= 0.6 is 0 Å². The van der Waals surface area contributed by atoms with Crippen LogP contribution in [0.15, 0.2) is 30.6 Å². The Labute approximate surface area is 120 Å². The van der Waals surface area contributed by atoms with E-state index in [2.05, 4.69) is 15.3 Å². The number of aromatic nitrogens is 2. The number of hydrogen-bond donors (Lipinski definition) is 1. The molecule has 0 atom stereocenters. The third-order valence-electron chi connectivity index (χ3n) is 3.59. The summed E-state index contributed by atoms with van der Waals surface area (Å²) in [6.07, 6.45) is 0.0915. The van der Waals surface area contributed by atoms with Crippen LogP contribution in [0.3, 0.4) is 0 Å². The molecular weight excluding hydrogens is 279 g/mol. The zero-order valence-corrected chi connectivity index (χ0v) is 11.2. The number of fused-ring (bicyclic) bond motifs is 1. The summed E-state index contributed by atoms with van der Waals surface area (Å²) in [5.41, 5.74) is 2.07. The average molecular weight is 293 g/mol. The molecule has 1 aromatic carbocycles. The summed E-state index contributed by atoms with van der Waals surface area (Å²) >= 11 is 0. The Morgan fingerprint density at radius 1 is 1.14 bits per heavy atom. The van der Waals surface area contributed by atoms with E-state index in [9.17, 15) is 13.2 Å². The van der Waals surface area contributed by atoms with Crippen LogP contribution in [0, 0.1) is 0 Å². The summed E-state index contributed by atoms with van der Waals surface area (Å²) in [5.74, 6) is 0.731. The van der Waals surface area contributed by atoms with Crippen molar-refractivity contribution < 1.29 is 13.2 Å². The molecule has 0 amide bonds. The molecule has 0 saturated heterocycles. The molecule has 0 spiro atoms. The van der Waals surface area contributed by atoms with Crippen molar-refractivity contribution in [3.63, 3.8) is 0 Å². The Balaban J connectivity index is 1.76. The Bertz CT molecular complexity index is 653. The SMILES string of the molecule is FC(F)(F)c1cccc(CNc2ncnc3c2CCC3)c1. The maximum atomic E-state index is 12.7. The van der Waals surface area contributed by atoms with Crippen molar-refractivity contribution in [2.75, 3.05) is 5.32 Å². The fourth-order valence-electron chi connectivity index (χ4n) is 2.56. The third-order valence-corrected chi connectivity index (χ3v) is 3.59. The molecule has 21 heavy (non-hydrogen) atoms. The van der Waals surface area contributed by atoms with Gasteiger partial charge in [-0.05, 0) is 37.0 Å². The molecule has 110 valence electrons. The first-order valence-corrected chi connectivity index (χ1v) is 6.77. The van der Waals surface area contributed by atoms with Gasteiger partial charge in [0.1, 0.15) is 12.1 Å². The number of rotatable bonds is 3. The van der Waals surface area contributed by atoms with E-state index in [0.717, 1.165) is 48.5 Å². The van der Waals surface area contributed by atoms with E-state index in [1.54, 1.807) is 6.07 Å². The number of alkyl halides is 3. The van der Waals surface area contributed by atoms with Crippen LogP contribution in [0.5, 0.6) is 0 Å². The lowest BCUT2D eigenvalue weighted by molar-refractivity contribution is -0.137. The average Bonchev–Trinajstić information content (AvgIpc) is 2.93. The Morgan fingerprint density at radius 3 is 2.81 bits per heavy atom. The number of nitrogens with one attached hydrogen (secondary N) is 1. The first-order valence-electron chi connectivity index (χ1n) is 6.77. The molecule has 1 aliphatic carbocycles. The molecule has 0 unspecified atom stereocenters. The second-order valence-corrected chi connectivity index (χ2v) is 5.05. The predicted molar refractivity (Wildman–Crippen MR) is 72.8 cm³/mol. The van der Waals surface area contributed by atoms with Gasteiger partial charge in [0.15, 0.2) is 0 Å². The van der Waals surface area contributed by atoms with Crippen molar-refractivity contribution >= 4 is 5.82 Å². The van der Waals surface area contributed by atoms with Gasteiger partial charge >= 0.3 is 6.18 Å². The van der Waals surface area contributed by atoms with E-state index < -0.39 is 11.7 Å². The van der Waals surface area contributed by atoms with E-state index in [1.165, 1.54) is 12.4 Å². The summed E-state index contributed by atoms with van der Waals surface area (Å²) < 4.78 is 38.0. The van der Waals surface area contributed by atoms with Crippen LogP contribution in [0.4, 0.5) is 19.0 Å². The molecule has 1 N–H and O–H groups in total. The van der Waals surface area contributed by atoms with Gasteiger partial charge in [-0.3, -0.25) is 0 Å². The highest BCUT2D eigenvalue weighted by atomic mass is 19.4. The van der Waals surface area contributed by atoms with Gasteiger partial charge in [-0.2, -0.15) is 13.2 Å². The molecule has 1 heterocycles. The molecule has 0 fully saturated rings. The fraction of sp³-hybridized carbons (Fsp3) is 0.333. The molecule has 3 nitrogen and oxygen atoms in total. The second-order valence-electron chi connectivity index (χ2n) is 5.05. The zero-order valence-electron chi connectivity index (χ0n) is 11.2. The molecule has 0 bridgehead atoms. The molecule has 0 aliphatic heterocycles. The van der Waals surface area contributed by atoms with Gasteiger partial charge in [0.05, 0.1) is 5.56 Å². The topological polar surface area (TPSA) is 37.8 Å². The molecule has 3 rings (SSSR count). The minimum atomic E-state index is -4.31. The second kappa shape index (κ2) is 5.35. The van der Waals surface area contributed by atoms with Crippen molar-refractivity contribution in [1.29, 1.82) is 0 Å².